The molecule has 1 saturated heterocycles. The molecule has 0 unspecified atom stereocenters. The zero-order valence-corrected chi connectivity index (χ0v) is 20.4. The molecule has 0 saturated carbocycles. The number of hydrogen-bond acceptors (Lipinski definition) is 4. The Labute approximate surface area is 201 Å². The number of halogens is 1. The summed E-state index contributed by atoms with van der Waals surface area (Å²) in [6.07, 6.45) is 1.99. The third-order valence-electron chi connectivity index (χ3n) is 6.52. The van der Waals surface area contributed by atoms with Gasteiger partial charge in [-0.1, -0.05) is 12.1 Å². The lowest BCUT2D eigenvalue weighted by atomic mass is 10.1. The SMILES string of the molecule is Cc1cccc(N2CCN(CCCCNC(=O)c3c(C)nn(-c4ccc(F)cc4)c3C)CC2)c1. The van der Waals surface area contributed by atoms with Gasteiger partial charge in [-0.15, -0.1) is 0 Å². The van der Waals surface area contributed by atoms with Crippen LogP contribution >= 0.6 is 0 Å². The summed E-state index contributed by atoms with van der Waals surface area (Å²) >= 11 is 0. The molecule has 0 bridgehead atoms. The van der Waals surface area contributed by atoms with Gasteiger partial charge in [0.2, 0.25) is 0 Å². The first-order valence-electron chi connectivity index (χ1n) is 12.1. The second-order valence-corrected chi connectivity index (χ2v) is 9.06. The van der Waals surface area contributed by atoms with Gasteiger partial charge in [-0.3, -0.25) is 9.69 Å². The van der Waals surface area contributed by atoms with Crippen LogP contribution in [0.2, 0.25) is 0 Å². The van der Waals surface area contributed by atoms with E-state index in [4.69, 9.17) is 0 Å². The van der Waals surface area contributed by atoms with Crippen LogP contribution in [0.5, 0.6) is 0 Å². The molecule has 180 valence electrons. The van der Waals surface area contributed by atoms with Crippen LogP contribution in [0.15, 0.2) is 48.5 Å². The maximum atomic E-state index is 13.2. The lowest BCUT2D eigenvalue weighted by Crippen LogP contribution is -2.46. The van der Waals surface area contributed by atoms with Crippen molar-refractivity contribution in [3.05, 3.63) is 76.9 Å². The molecule has 34 heavy (non-hydrogen) atoms. The lowest BCUT2D eigenvalue weighted by Gasteiger charge is -2.36. The zero-order chi connectivity index (χ0) is 24.1. The first-order chi connectivity index (χ1) is 16.4. The van der Waals surface area contributed by atoms with Gasteiger partial charge >= 0.3 is 0 Å². The first kappa shape index (κ1) is 24.0. The summed E-state index contributed by atoms with van der Waals surface area (Å²) in [6.45, 7) is 11.8. The molecular weight excluding hydrogens is 429 g/mol. The number of carbonyl (C=O) groups is 1. The molecule has 1 N–H and O–H groups in total. The number of rotatable bonds is 8. The number of nitrogens with one attached hydrogen (secondary N) is 1. The van der Waals surface area contributed by atoms with Crippen molar-refractivity contribution in [1.29, 1.82) is 0 Å². The van der Waals surface area contributed by atoms with E-state index >= 15 is 0 Å². The molecule has 3 aromatic rings. The number of amides is 1. The molecule has 2 heterocycles. The summed E-state index contributed by atoms with van der Waals surface area (Å²) in [4.78, 5) is 17.8. The minimum Gasteiger partial charge on any atom is -0.369 e. The van der Waals surface area contributed by atoms with Gasteiger partial charge in [-0.2, -0.15) is 5.10 Å². The quantitative estimate of drug-likeness (QED) is 0.507. The fourth-order valence-corrected chi connectivity index (χ4v) is 4.61. The molecule has 0 atom stereocenters. The number of aryl methyl sites for hydroxylation is 2. The molecule has 1 aliphatic rings. The molecule has 4 rings (SSSR count). The molecule has 7 heteroatoms. The molecule has 0 aliphatic carbocycles. The van der Waals surface area contributed by atoms with E-state index in [0.29, 0.717) is 17.8 Å². The Morgan fingerprint density at radius 3 is 2.41 bits per heavy atom. The van der Waals surface area contributed by atoms with Crippen LogP contribution in [0, 0.1) is 26.6 Å². The smallest absolute Gasteiger partial charge is 0.255 e. The number of aromatic nitrogens is 2. The lowest BCUT2D eigenvalue weighted by molar-refractivity contribution is 0.0951. The Morgan fingerprint density at radius 2 is 1.71 bits per heavy atom. The number of nitrogens with zero attached hydrogens (tertiary/aromatic N) is 4. The molecular formula is C27H34FN5O. The van der Waals surface area contributed by atoms with Crippen molar-refractivity contribution in [2.45, 2.75) is 33.6 Å². The van der Waals surface area contributed by atoms with Crippen LogP contribution in [0.4, 0.5) is 10.1 Å². The second-order valence-electron chi connectivity index (χ2n) is 9.06. The number of unbranched alkanes of at least 4 members (excludes halogenated alkanes) is 1. The highest BCUT2D eigenvalue weighted by Crippen LogP contribution is 2.19. The molecule has 6 nitrogen and oxygen atoms in total. The van der Waals surface area contributed by atoms with E-state index in [9.17, 15) is 9.18 Å². The fourth-order valence-electron chi connectivity index (χ4n) is 4.61. The topological polar surface area (TPSA) is 53.4 Å². The van der Waals surface area contributed by atoms with Crippen molar-refractivity contribution in [3.63, 3.8) is 0 Å². The van der Waals surface area contributed by atoms with Gasteiger partial charge in [-0.25, -0.2) is 9.07 Å². The summed E-state index contributed by atoms with van der Waals surface area (Å²) in [6, 6.07) is 14.8. The Kier molecular flexibility index (Phi) is 7.63. The Bertz CT molecular complexity index is 1120. The van der Waals surface area contributed by atoms with Gasteiger partial charge in [0.1, 0.15) is 5.82 Å². The standard InChI is InChI=1S/C27H34FN5O/c1-20-7-6-8-25(19-20)32-17-15-31(16-18-32)14-5-4-13-29-27(34)26-21(2)30-33(22(26)3)24-11-9-23(28)10-12-24/h6-12,19H,4-5,13-18H2,1-3H3,(H,29,34). The Hall–Kier alpha value is -3.19. The van der Waals surface area contributed by atoms with E-state index in [1.54, 1.807) is 16.8 Å². The van der Waals surface area contributed by atoms with Gasteiger partial charge in [0.25, 0.3) is 5.91 Å². The van der Waals surface area contributed by atoms with Gasteiger partial charge in [0, 0.05) is 38.4 Å². The van der Waals surface area contributed by atoms with Crippen LogP contribution in [-0.2, 0) is 0 Å². The number of piperazine rings is 1. The van der Waals surface area contributed by atoms with Crippen LogP contribution in [0.3, 0.4) is 0 Å². The van der Waals surface area contributed by atoms with Crippen LogP contribution < -0.4 is 10.2 Å². The van der Waals surface area contributed by atoms with Crippen molar-refractivity contribution < 1.29 is 9.18 Å². The summed E-state index contributed by atoms with van der Waals surface area (Å²) in [5.74, 6) is -0.397. The average Bonchev–Trinajstić information content (AvgIpc) is 3.13. The van der Waals surface area contributed by atoms with E-state index in [1.807, 2.05) is 13.8 Å². The highest BCUT2D eigenvalue weighted by atomic mass is 19.1. The fraction of sp³-hybridized carbons (Fsp3) is 0.407. The summed E-state index contributed by atoms with van der Waals surface area (Å²) in [5, 5.41) is 7.54. The van der Waals surface area contributed by atoms with E-state index < -0.39 is 0 Å². The molecule has 0 spiro atoms. The maximum Gasteiger partial charge on any atom is 0.255 e. The third-order valence-corrected chi connectivity index (χ3v) is 6.52. The van der Waals surface area contributed by atoms with Gasteiger partial charge in [0.15, 0.2) is 0 Å². The largest absolute Gasteiger partial charge is 0.369 e. The van der Waals surface area contributed by atoms with Crippen LogP contribution in [0.1, 0.15) is 40.2 Å². The summed E-state index contributed by atoms with van der Waals surface area (Å²) in [5.41, 5.74) is 5.38. The second kappa shape index (κ2) is 10.8. The number of benzene rings is 2. The minimum atomic E-state index is -0.295. The zero-order valence-electron chi connectivity index (χ0n) is 20.4. The Morgan fingerprint density at radius 1 is 0.971 bits per heavy atom. The van der Waals surface area contributed by atoms with E-state index in [0.717, 1.165) is 56.9 Å². The third kappa shape index (κ3) is 5.65. The van der Waals surface area contributed by atoms with E-state index in [-0.39, 0.29) is 11.7 Å². The molecule has 2 aromatic carbocycles. The molecule has 1 aliphatic heterocycles. The van der Waals surface area contributed by atoms with Gasteiger partial charge < -0.3 is 10.2 Å². The molecule has 1 amide bonds. The number of hydrogen-bond donors (Lipinski definition) is 1. The van der Waals surface area contributed by atoms with Crippen molar-refractivity contribution >= 4 is 11.6 Å². The normalized spacial score (nSPS) is 14.4. The highest BCUT2D eigenvalue weighted by molar-refractivity contribution is 5.96. The van der Waals surface area contributed by atoms with Crippen molar-refractivity contribution in [2.24, 2.45) is 0 Å². The predicted octanol–water partition coefficient (Wildman–Crippen LogP) is 4.27. The van der Waals surface area contributed by atoms with Crippen LogP contribution in [-0.4, -0.2) is 59.9 Å². The number of anilines is 1. The highest BCUT2D eigenvalue weighted by Gasteiger charge is 2.20. The Balaban J connectivity index is 1.20. The molecule has 1 aromatic heterocycles. The first-order valence-corrected chi connectivity index (χ1v) is 12.1. The van der Waals surface area contributed by atoms with Gasteiger partial charge in [0.05, 0.1) is 22.6 Å². The van der Waals surface area contributed by atoms with Crippen LogP contribution in [0.25, 0.3) is 5.69 Å². The summed E-state index contributed by atoms with van der Waals surface area (Å²) < 4.78 is 14.9. The monoisotopic (exact) mass is 463 g/mol. The average molecular weight is 464 g/mol. The van der Waals surface area contributed by atoms with Crippen molar-refractivity contribution in [3.8, 4) is 5.69 Å². The summed E-state index contributed by atoms with van der Waals surface area (Å²) in [7, 11) is 0. The maximum absolute atomic E-state index is 13.2. The number of carbonyl (C=O) groups excluding carboxylic acids is 1. The van der Waals surface area contributed by atoms with Crippen molar-refractivity contribution in [1.82, 2.24) is 20.0 Å². The minimum absolute atomic E-state index is 0.102. The van der Waals surface area contributed by atoms with Crippen molar-refractivity contribution in [2.75, 3.05) is 44.2 Å². The predicted molar refractivity (Wildman–Crippen MR) is 134 cm³/mol. The molecule has 0 radical (unpaired) electrons. The van der Waals surface area contributed by atoms with E-state index in [2.05, 4.69) is 51.4 Å². The van der Waals surface area contributed by atoms with E-state index in [1.165, 1.54) is 23.4 Å². The molecule has 1 fully saturated rings. The van der Waals surface area contributed by atoms with Gasteiger partial charge in [-0.05, 0) is 82.1 Å².